The third kappa shape index (κ3) is 5.61. The summed E-state index contributed by atoms with van der Waals surface area (Å²) in [7, 11) is 1.56. The molecule has 0 radical (unpaired) electrons. The first-order valence-electron chi connectivity index (χ1n) is 11.6. The Morgan fingerprint density at radius 2 is 1.92 bits per heavy atom. The molecule has 2 aromatic carbocycles. The van der Waals surface area contributed by atoms with Crippen molar-refractivity contribution in [2.45, 2.75) is 39.8 Å². The number of methoxy groups -OCH3 is 1. The lowest BCUT2D eigenvalue weighted by atomic mass is 9.95. The Morgan fingerprint density at radius 1 is 1.19 bits per heavy atom. The minimum absolute atomic E-state index is 0.261. The van der Waals surface area contributed by atoms with Gasteiger partial charge in [0.15, 0.2) is 4.80 Å². The number of fused-ring (bicyclic) bond motifs is 1. The zero-order valence-corrected chi connectivity index (χ0v) is 25.0. The molecule has 10 heteroatoms. The van der Waals surface area contributed by atoms with Gasteiger partial charge in [-0.05, 0) is 85.6 Å². The Labute approximate surface area is 235 Å². The van der Waals surface area contributed by atoms with E-state index in [0.717, 1.165) is 20.3 Å². The lowest BCUT2D eigenvalue weighted by Gasteiger charge is -2.26. The Balaban J connectivity index is 1.95. The fraction of sp³-hybridized carbons (Fsp3) is 0.296. The summed E-state index contributed by atoms with van der Waals surface area (Å²) < 4.78 is 20.4. The fourth-order valence-electron chi connectivity index (χ4n) is 4.10. The van der Waals surface area contributed by atoms with Crippen molar-refractivity contribution >= 4 is 55.2 Å². The van der Waals surface area contributed by atoms with Crippen molar-refractivity contribution in [3.63, 3.8) is 0 Å². The van der Waals surface area contributed by atoms with Gasteiger partial charge in [0.25, 0.3) is 5.56 Å². The van der Waals surface area contributed by atoms with Crippen LogP contribution in [0.2, 0.25) is 0 Å². The second-order valence-electron chi connectivity index (χ2n) is 8.55. The molecular weight excluding hydrogens is 624 g/mol. The molecule has 0 aliphatic carbocycles. The molecule has 7 nitrogen and oxygen atoms in total. The number of nitrogens with zero attached hydrogens (tertiary/aromatic N) is 2. The van der Waals surface area contributed by atoms with Crippen molar-refractivity contribution < 1.29 is 19.0 Å². The van der Waals surface area contributed by atoms with E-state index >= 15 is 0 Å². The molecule has 0 fully saturated rings. The summed E-state index contributed by atoms with van der Waals surface area (Å²) in [5.74, 6) is 0.752. The summed E-state index contributed by atoms with van der Waals surface area (Å²) in [5.41, 5.74) is 2.01. The zero-order chi connectivity index (χ0) is 26.9. The van der Waals surface area contributed by atoms with Crippen LogP contribution in [0, 0.1) is 0 Å². The molecule has 0 saturated heterocycles. The molecule has 0 saturated carbocycles. The molecule has 1 aliphatic heterocycles. The highest BCUT2D eigenvalue weighted by molar-refractivity contribution is 9.10. The summed E-state index contributed by atoms with van der Waals surface area (Å²) >= 11 is 8.32. The smallest absolute Gasteiger partial charge is 0.338 e. The number of rotatable bonds is 7. The van der Waals surface area contributed by atoms with Crippen molar-refractivity contribution in [3.8, 4) is 11.5 Å². The van der Waals surface area contributed by atoms with E-state index in [9.17, 15) is 9.59 Å². The van der Waals surface area contributed by atoms with Gasteiger partial charge in [-0.2, -0.15) is 0 Å². The average molecular weight is 650 g/mol. The molecule has 1 aromatic heterocycles. The minimum atomic E-state index is -0.774. The third-order valence-corrected chi connectivity index (χ3v) is 7.72. The number of aromatic nitrogens is 1. The fourth-order valence-corrected chi connectivity index (χ4v) is 6.04. The molecule has 2 heterocycles. The van der Waals surface area contributed by atoms with Gasteiger partial charge < -0.3 is 14.2 Å². The minimum Gasteiger partial charge on any atom is -0.496 e. The van der Waals surface area contributed by atoms with Crippen molar-refractivity contribution in [1.29, 1.82) is 0 Å². The van der Waals surface area contributed by atoms with E-state index in [1.165, 1.54) is 11.3 Å². The van der Waals surface area contributed by atoms with Crippen LogP contribution in [0.3, 0.4) is 0 Å². The van der Waals surface area contributed by atoms with Crippen LogP contribution in [0.25, 0.3) is 6.08 Å². The third-order valence-electron chi connectivity index (χ3n) is 5.62. The van der Waals surface area contributed by atoms with Crippen LogP contribution in [0.4, 0.5) is 0 Å². The lowest BCUT2D eigenvalue weighted by molar-refractivity contribution is -0.143. The normalized spacial score (nSPS) is 15.5. The number of hydrogen-bond acceptors (Lipinski definition) is 7. The van der Waals surface area contributed by atoms with Crippen LogP contribution >= 0.6 is 43.2 Å². The molecule has 0 amide bonds. The van der Waals surface area contributed by atoms with Crippen LogP contribution in [-0.2, 0) is 9.53 Å². The summed E-state index contributed by atoms with van der Waals surface area (Å²) in [6, 6.07) is 10.4. The number of halogens is 2. The van der Waals surface area contributed by atoms with Gasteiger partial charge in [0.1, 0.15) is 17.5 Å². The Kier molecular flexibility index (Phi) is 8.40. The highest BCUT2D eigenvalue weighted by Gasteiger charge is 2.35. The molecule has 0 spiro atoms. The van der Waals surface area contributed by atoms with E-state index in [-0.39, 0.29) is 11.7 Å². The number of benzene rings is 2. The van der Waals surface area contributed by atoms with Crippen molar-refractivity contribution in [2.24, 2.45) is 4.99 Å². The number of allylic oxidation sites excluding steroid dienone is 1. The van der Waals surface area contributed by atoms with E-state index in [1.54, 1.807) is 38.5 Å². The summed E-state index contributed by atoms with van der Waals surface area (Å²) in [5, 5.41) is 0. The van der Waals surface area contributed by atoms with Gasteiger partial charge in [-0.1, -0.05) is 33.3 Å². The standard InChI is InChI=1S/C27H26Br2N2O5S/c1-6-35-21-9-7-16(11-19(21)29)12-22-25(32)31-24(18-13-17(28)8-10-20(18)34-5)23(26(33)36-14(2)3)15(4)30-27(31)37-22/h7-14,24H,6H2,1-5H3/b22-12-/t24-/m0/s1. The van der Waals surface area contributed by atoms with Gasteiger partial charge in [-0.25, -0.2) is 9.79 Å². The number of carbonyl (C=O) groups is 1. The molecule has 4 rings (SSSR count). The predicted molar refractivity (Wildman–Crippen MR) is 151 cm³/mol. The van der Waals surface area contributed by atoms with E-state index in [2.05, 4.69) is 36.9 Å². The number of carbonyl (C=O) groups excluding carboxylic acids is 1. The summed E-state index contributed by atoms with van der Waals surface area (Å²) in [6.45, 7) is 7.80. The Morgan fingerprint density at radius 3 is 2.57 bits per heavy atom. The van der Waals surface area contributed by atoms with Crippen LogP contribution < -0.4 is 24.4 Å². The van der Waals surface area contributed by atoms with Crippen LogP contribution in [0.5, 0.6) is 11.5 Å². The monoisotopic (exact) mass is 648 g/mol. The number of esters is 1. The average Bonchev–Trinajstić information content (AvgIpc) is 3.13. The van der Waals surface area contributed by atoms with E-state index < -0.39 is 12.0 Å². The molecule has 1 aliphatic rings. The Bertz CT molecular complexity index is 1570. The first kappa shape index (κ1) is 27.3. The zero-order valence-electron chi connectivity index (χ0n) is 21.0. The van der Waals surface area contributed by atoms with Crippen molar-refractivity contribution in [1.82, 2.24) is 4.57 Å². The predicted octanol–water partition coefficient (Wildman–Crippen LogP) is 5.12. The molecular formula is C27H26Br2N2O5S. The summed E-state index contributed by atoms with van der Waals surface area (Å²) in [4.78, 5) is 32.3. The molecule has 3 aromatic rings. The van der Waals surface area contributed by atoms with Gasteiger partial charge in [-0.3, -0.25) is 9.36 Å². The van der Waals surface area contributed by atoms with Crippen LogP contribution in [-0.4, -0.2) is 30.4 Å². The Hall–Kier alpha value is -2.69. The maximum absolute atomic E-state index is 13.9. The van der Waals surface area contributed by atoms with Gasteiger partial charge in [0.2, 0.25) is 0 Å². The van der Waals surface area contributed by atoms with Crippen molar-refractivity contribution in [2.75, 3.05) is 13.7 Å². The van der Waals surface area contributed by atoms with Gasteiger partial charge in [0.05, 0.1) is 40.1 Å². The maximum atomic E-state index is 13.9. The van der Waals surface area contributed by atoms with Gasteiger partial charge >= 0.3 is 5.97 Å². The second-order valence-corrected chi connectivity index (χ2v) is 11.3. The molecule has 0 bridgehead atoms. The first-order chi connectivity index (χ1) is 17.6. The molecule has 0 unspecified atom stereocenters. The lowest BCUT2D eigenvalue weighted by Crippen LogP contribution is -2.40. The topological polar surface area (TPSA) is 79.1 Å². The first-order valence-corrected chi connectivity index (χ1v) is 14.0. The quantitative estimate of drug-likeness (QED) is 0.332. The van der Waals surface area contributed by atoms with Gasteiger partial charge in [0, 0.05) is 10.0 Å². The summed E-state index contributed by atoms with van der Waals surface area (Å²) in [6.07, 6.45) is 1.48. The highest BCUT2D eigenvalue weighted by Crippen LogP contribution is 2.37. The maximum Gasteiger partial charge on any atom is 0.338 e. The van der Waals surface area contributed by atoms with E-state index in [1.807, 2.05) is 43.3 Å². The number of ether oxygens (including phenoxy) is 3. The molecule has 0 N–H and O–H groups in total. The molecule has 37 heavy (non-hydrogen) atoms. The van der Waals surface area contributed by atoms with E-state index in [0.29, 0.717) is 38.5 Å². The number of hydrogen-bond donors (Lipinski definition) is 0. The van der Waals surface area contributed by atoms with Gasteiger partial charge in [-0.15, -0.1) is 0 Å². The van der Waals surface area contributed by atoms with Crippen LogP contribution in [0.1, 0.15) is 44.9 Å². The molecule has 194 valence electrons. The van der Waals surface area contributed by atoms with E-state index in [4.69, 9.17) is 14.2 Å². The molecule has 1 atom stereocenters. The largest absolute Gasteiger partial charge is 0.496 e. The van der Waals surface area contributed by atoms with Crippen molar-refractivity contribution in [3.05, 3.63) is 87.4 Å². The number of thiazole rings is 1. The van der Waals surface area contributed by atoms with Crippen LogP contribution in [0.15, 0.2) is 66.4 Å². The second kappa shape index (κ2) is 11.4. The SMILES string of the molecule is CCOc1ccc(/C=c2\sc3n(c2=O)[C@@H](c2cc(Br)ccc2OC)C(C(=O)OC(C)C)=C(C)N=3)cc1Br. The highest BCUT2D eigenvalue weighted by atomic mass is 79.9.